The summed E-state index contributed by atoms with van der Waals surface area (Å²) >= 11 is 0. The predicted octanol–water partition coefficient (Wildman–Crippen LogP) is 1.33. The van der Waals surface area contributed by atoms with Gasteiger partial charge in [-0.15, -0.1) is 0 Å². The minimum atomic E-state index is -5.08. The second kappa shape index (κ2) is 4.59. The Hall–Kier alpha value is -0.850. The quantitative estimate of drug-likeness (QED) is 0.686. The fraction of sp³-hybridized carbons (Fsp3) is 0.857. The van der Waals surface area contributed by atoms with Crippen molar-refractivity contribution in [3.8, 4) is 0 Å². The van der Waals surface area contributed by atoms with E-state index >= 15 is 0 Å². The van der Waals surface area contributed by atoms with Gasteiger partial charge >= 0.3 is 12.1 Å². The molecule has 0 aliphatic heterocycles. The van der Waals surface area contributed by atoms with E-state index in [0.29, 0.717) is 6.54 Å². The van der Waals surface area contributed by atoms with Crippen molar-refractivity contribution in [3.63, 3.8) is 0 Å². The summed E-state index contributed by atoms with van der Waals surface area (Å²) in [5.41, 5.74) is 5.18. The molecule has 3 nitrogen and oxygen atoms in total. The van der Waals surface area contributed by atoms with Crippen LogP contribution in [0.2, 0.25) is 0 Å². The molecule has 0 spiro atoms. The SMILES string of the molecule is NCC1(CF)CC1.O=C(O)C(F)(F)F. The van der Waals surface area contributed by atoms with Crippen molar-refractivity contribution < 1.29 is 27.5 Å². The predicted molar refractivity (Wildman–Crippen MR) is 40.4 cm³/mol. The van der Waals surface area contributed by atoms with E-state index in [1.807, 2.05) is 0 Å². The first-order chi connectivity index (χ1) is 6.27. The summed E-state index contributed by atoms with van der Waals surface area (Å²) in [4.78, 5) is 8.90. The van der Waals surface area contributed by atoms with Crippen molar-refractivity contribution in [2.45, 2.75) is 19.0 Å². The number of carboxylic acid groups (broad SMARTS) is 1. The topological polar surface area (TPSA) is 63.3 Å². The molecule has 1 aliphatic rings. The lowest BCUT2D eigenvalue weighted by atomic mass is 10.1. The van der Waals surface area contributed by atoms with E-state index < -0.39 is 12.1 Å². The number of carbonyl (C=O) groups is 1. The molecule has 0 radical (unpaired) electrons. The number of hydrogen-bond acceptors (Lipinski definition) is 2. The Labute approximate surface area is 77.9 Å². The first-order valence-electron chi connectivity index (χ1n) is 3.83. The van der Waals surface area contributed by atoms with Crippen LogP contribution in [0, 0.1) is 5.41 Å². The molecule has 1 rings (SSSR count). The van der Waals surface area contributed by atoms with Crippen LogP contribution in [0.4, 0.5) is 17.6 Å². The van der Waals surface area contributed by atoms with E-state index in [2.05, 4.69) is 0 Å². The smallest absolute Gasteiger partial charge is 0.475 e. The van der Waals surface area contributed by atoms with Crippen LogP contribution in [0.15, 0.2) is 0 Å². The fourth-order valence-electron chi connectivity index (χ4n) is 0.569. The van der Waals surface area contributed by atoms with Crippen LogP contribution in [-0.2, 0) is 4.79 Å². The summed E-state index contributed by atoms with van der Waals surface area (Å²) in [6.45, 7) is 0.312. The van der Waals surface area contributed by atoms with Gasteiger partial charge in [0.05, 0.1) is 6.67 Å². The molecule has 0 atom stereocenters. The second-order valence-corrected chi connectivity index (χ2v) is 3.14. The molecule has 84 valence electrons. The lowest BCUT2D eigenvalue weighted by molar-refractivity contribution is -0.192. The van der Waals surface area contributed by atoms with Gasteiger partial charge in [-0.25, -0.2) is 4.79 Å². The Balaban J connectivity index is 0.000000241. The minimum Gasteiger partial charge on any atom is -0.475 e. The van der Waals surface area contributed by atoms with Gasteiger partial charge in [-0.05, 0) is 12.8 Å². The molecule has 0 amide bonds. The first kappa shape index (κ1) is 13.2. The highest BCUT2D eigenvalue weighted by atomic mass is 19.4. The van der Waals surface area contributed by atoms with Gasteiger partial charge in [-0.2, -0.15) is 13.2 Å². The number of hydrogen-bond donors (Lipinski definition) is 2. The van der Waals surface area contributed by atoms with Gasteiger partial charge in [-0.3, -0.25) is 4.39 Å². The Morgan fingerprint density at radius 3 is 1.79 bits per heavy atom. The van der Waals surface area contributed by atoms with Crippen molar-refractivity contribution >= 4 is 5.97 Å². The summed E-state index contributed by atoms with van der Waals surface area (Å²) in [6.07, 6.45) is -3.08. The van der Waals surface area contributed by atoms with Crippen molar-refractivity contribution in [3.05, 3.63) is 0 Å². The Morgan fingerprint density at radius 1 is 1.43 bits per heavy atom. The van der Waals surface area contributed by atoms with Gasteiger partial charge in [0.15, 0.2) is 0 Å². The van der Waals surface area contributed by atoms with Crippen LogP contribution in [0.1, 0.15) is 12.8 Å². The maximum absolute atomic E-state index is 11.8. The molecule has 0 aromatic rings. The van der Waals surface area contributed by atoms with Crippen LogP contribution >= 0.6 is 0 Å². The number of aliphatic carboxylic acids is 1. The van der Waals surface area contributed by atoms with Crippen LogP contribution in [0.3, 0.4) is 0 Å². The van der Waals surface area contributed by atoms with Gasteiger partial charge in [0.2, 0.25) is 0 Å². The zero-order valence-corrected chi connectivity index (χ0v) is 7.27. The maximum Gasteiger partial charge on any atom is 0.490 e. The molecule has 0 unspecified atom stereocenters. The lowest BCUT2D eigenvalue weighted by Gasteiger charge is -2.01. The molecule has 1 fully saturated rings. The van der Waals surface area contributed by atoms with Gasteiger partial charge in [0, 0.05) is 12.0 Å². The van der Waals surface area contributed by atoms with E-state index in [1.165, 1.54) is 0 Å². The highest BCUT2D eigenvalue weighted by Gasteiger charge is 2.41. The molecule has 7 heteroatoms. The molecule has 1 saturated carbocycles. The van der Waals surface area contributed by atoms with Crippen LogP contribution in [0.25, 0.3) is 0 Å². The summed E-state index contributed by atoms with van der Waals surface area (Å²) in [7, 11) is 0. The highest BCUT2D eigenvalue weighted by Crippen LogP contribution is 2.44. The number of nitrogens with two attached hydrogens (primary N) is 1. The zero-order chi connectivity index (χ0) is 11.4. The molecule has 1 aliphatic carbocycles. The molecule has 0 saturated heterocycles. The standard InChI is InChI=1S/C5H10FN.C2HF3O2/c6-3-5(4-7)1-2-5;3-2(4,5)1(6)7/h1-4,7H2;(H,6,7). The number of halogens is 4. The Morgan fingerprint density at radius 2 is 1.79 bits per heavy atom. The van der Waals surface area contributed by atoms with Crippen LogP contribution < -0.4 is 5.73 Å². The summed E-state index contributed by atoms with van der Waals surface area (Å²) in [6, 6.07) is 0. The molecular formula is C7H11F4NO2. The Bertz CT molecular complexity index is 194. The van der Waals surface area contributed by atoms with Crippen LogP contribution in [-0.4, -0.2) is 30.5 Å². The summed E-state index contributed by atoms with van der Waals surface area (Å²) in [5, 5.41) is 7.12. The van der Waals surface area contributed by atoms with Crippen molar-refractivity contribution in [2.75, 3.05) is 13.2 Å². The molecule has 0 aromatic heterocycles. The van der Waals surface area contributed by atoms with Gasteiger partial charge < -0.3 is 10.8 Å². The van der Waals surface area contributed by atoms with Crippen LogP contribution in [0.5, 0.6) is 0 Å². The van der Waals surface area contributed by atoms with Crippen molar-refractivity contribution in [1.82, 2.24) is 0 Å². The van der Waals surface area contributed by atoms with E-state index in [1.54, 1.807) is 0 Å². The molecule has 0 aromatic carbocycles. The van der Waals surface area contributed by atoms with Gasteiger partial charge in [0.25, 0.3) is 0 Å². The van der Waals surface area contributed by atoms with E-state index in [-0.39, 0.29) is 12.1 Å². The summed E-state index contributed by atoms with van der Waals surface area (Å²) < 4.78 is 43.5. The lowest BCUT2D eigenvalue weighted by Crippen LogP contribution is -2.21. The van der Waals surface area contributed by atoms with Crippen molar-refractivity contribution in [2.24, 2.45) is 11.1 Å². The number of carboxylic acids is 1. The third kappa shape index (κ3) is 4.40. The third-order valence-electron chi connectivity index (χ3n) is 1.92. The van der Waals surface area contributed by atoms with E-state index in [4.69, 9.17) is 15.6 Å². The van der Waals surface area contributed by atoms with Crippen molar-refractivity contribution in [1.29, 1.82) is 0 Å². The average molecular weight is 217 g/mol. The van der Waals surface area contributed by atoms with Gasteiger partial charge in [0.1, 0.15) is 0 Å². The fourth-order valence-corrected chi connectivity index (χ4v) is 0.569. The molecule has 0 heterocycles. The zero-order valence-electron chi connectivity index (χ0n) is 7.27. The number of alkyl halides is 4. The first-order valence-corrected chi connectivity index (χ1v) is 3.83. The summed E-state index contributed by atoms with van der Waals surface area (Å²) in [5.74, 6) is -2.76. The van der Waals surface area contributed by atoms with E-state index in [9.17, 15) is 17.6 Å². The maximum atomic E-state index is 11.8. The highest BCUT2D eigenvalue weighted by molar-refractivity contribution is 5.73. The molecule has 0 bridgehead atoms. The average Bonchev–Trinajstić information content (AvgIpc) is 2.84. The third-order valence-corrected chi connectivity index (χ3v) is 1.92. The molecule has 14 heavy (non-hydrogen) atoms. The number of rotatable bonds is 2. The van der Waals surface area contributed by atoms with E-state index in [0.717, 1.165) is 12.8 Å². The molecular weight excluding hydrogens is 206 g/mol. The Kier molecular flexibility index (Phi) is 4.31. The largest absolute Gasteiger partial charge is 0.490 e. The van der Waals surface area contributed by atoms with Gasteiger partial charge in [-0.1, -0.05) is 0 Å². The molecule has 3 N–H and O–H groups in total. The minimum absolute atomic E-state index is 0.0556. The normalized spacial score (nSPS) is 18.1. The second-order valence-electron chi connectivity index (χ2n) is 3.14. The monoisotopic (exact) mass is 217 g/mol.